The van der Waals surface area contributed by atoms with Crippen LogP contribution in [0.5, 0.6) is 0 Å². The maximum atomic E-state index is 5.35. The van der Waals surface area contributed by atoms with Gasteiger partial charge in [-0.2, -0.15) is 4.98 Å². The highest BCUT2D eigenvalue weighted by atomic mass is 16.5. The molecule has 6 nitrogen and oxygen atoms in total. The molecule has 0 bridgehead atoms. The summed E-state index contributed by atoms with van der Waals surface area (Å²) in [6.07, 6.45) is 1.76. The molecule has 1 atom stereocenters. The highest BCUT2D eigenvalue weighted by Gasteiger charge is 2.21. The number of ether oxygens (including phenoxy) is 2. The fourth-order valence-electron chi connectivity index (χ4n) is 1.86. The molecule has 1 aliphatic heterocycles. The van der Waals surface area contributed by atoms with Gasteiger partial charge in [0.25, 0.3) is 0 Å². The van der Waals surface area contributed by atoms with Crippen LogP contribution in [0.1, 0.15) is 18.1 Å². The van der Waals surface area contributed by atoms with Gasteiger partial charge in [-0.25, -0.2) is 0 Å². The van der Waals surface area contributed by atoms with Crippen molar-refractivity contribution >= 4 is 0 Å². The van der Waals surface area contributed by atoms with E-state index in [-0.39, 0.29) is 0 Å². The van der Waals surface area contributed by atoms with Gasteiger partial charge in [0.05, 0.1) is 19.8 Å². The molecule has 1 aromatic heterocycles. The molecule has 0 aliphatic carbocycles. The van der Waals surface area contributed by atoms with Gasteiger partial charge in [-0.1, -0.05) is 5.16 Å². The quantitative estimate of drug-likeness (QED) is 0.722. The first-order valence-electron chi connectivity index (χ1n) is 5.88. The molecule has 2 rings (SSSR count). The van der Waals surface area contributed by atoms with Crippen LogP contribution in [0.4, 0.5) is 0 Å². The van der Waals surface area contributed by atoms with E-state index in [1.165, 1.54) is 0 Å². The minimum Gasteiger partial charge on any atom is -0.384 e. The molecule has 1 saturated heterocycles. The average molecular weight is 241 g/mol. The molecule has 17 heavy (non-hydrogen) atoms. The number of rotatable bonds is 6. The van der Waals surface area contributed by atoms with E-state index in [4.69, 9.17) is 14.0 Å². The third-order valence-corrected chi connectivity index (χ3v) is 2.95. The van der Waals surface area contributed by atoms with Gasteiger partial charge in [-0.05, 0) is 13.5 Å². The monoisotopic (exact) mass is 241 g/mol. The molecule has 0 spiro atoms. The Hall–Kier alpha value is -0.980. The zero-order valence-corrected chi connectivity index (χ0v) is 10.4. The molecule has 6 heteroatoms. The fraction of sp³-hybridized carbons (Fsp3) is 0.818. The number of hydrogen-bond acceptors (Lipinski definition) is 6. The second kappa shape index (κ2) is 6.09. The summed E-state index contributed by atoms with van der Waals surface area (Å²) in [7, 11) is 3.72. The number of methoxy groups -OCH3 is 1. The van der Waals surface area contributed by atoms with E-state index in [0.717, 1.165) is 19.6 Å². The maximum absolute atomic E-state index is 5.35. The summed E-state index contributed by atoms with van der Waals surface area (Å²) in [6, 6.07) is 0.462. The Kier molecular flexibility index (Phi) is 4.47. The van der Waals surface area contributed by atoms with Crippen molar-refractivity contribution in [2.45, 2.75) is 25.4 Å². The second-order valence-corrected chi connectivity index (χ2v) is 4.28. The van der Waals surface area contributed by atoms with Gasteiger partial charge in [0.15, 0.2) is 5.82 Å². The zero-order valence-electron chi connectivity index (χ0n) is 10.4. The van der Waals surface area contributed by atoms with E-state index in [1.807, 2.05) is 0 Å². The van der Waals surface area contributed by atoms with E-state index in [2.05, 4.69) is 22.1 Å². The smallest absolute Gasteiger partial charge is 0.240 e. The van der Waals surface area contributed by atoms with E-state index >= 15 is 0 Å². The van der Waals surface area contributed by atoms with Gasteiger partial charge < -0.3 is 14.0 Å². The van der Waals surface area contributed by atoms with Gasteiger partial charge in [-0.3, -0.25) is 4.90 Å². The first-order chi connectivity index (χ1) is 8.29. The van der Waals surface area contributed by atoms with Gasteiger partial charge in [-0.15, -0.1) is 0 Å². The van der Waals surface area contributed by atoms with Crippen LogP contribution in [0.3, 0.4) is 0 Å². The number of aromatic nitrogens is 2. The van der Waals surface area contributed by atoms with E-state index in [1.54, 1.807) is 7.11 Å². The first-order valence-corrected chi connectivity index (χ1v) is 5.88. The van der Waals surface area contributed by atoms with Gasteiger partial charge >= 0.3 is 0 Å². The normalized spacial score (nSPS) is 20.3. The van der Waals surface area contributed by atoms with Crippen molar-refractivity contribution < 1.29 is 14.0 Å². The Bertz CT molecular complexity index is 336. The first kappa shape index (κ1) is 12.5. The van der Waals surface area contributed by atoms with Crippen LogP contribution in [-0.4, -0.2) is 55.1 Å². The van der Waals surface area contributed by atoms with Crippen LogP contribution in [-0.2, 0) is 22.4 Å². The van der Waals surface area contributed by atoms with E-state index < -0.39 is 0 Å². The summed E-state index contributed by atoms with van der Waals surface area (Å²) >= 11 is 0. The fourth-order valence-corrected chi connectivity index (χ4v) is 1.86. The number of hydrogen-bond donors (Lipinski definition) is 0. The standard InChI is InChI=1S/C11H19N3O3/c1-14(9-3-6-16-8-9)7-11-12-10(13-17-11)4-5-15-2/h9H,3-8H2,1-2H3. The summed E-state index contributed by atoms with van der Waals surface area (Å²) in [5.74, 6) is 1.36. The Morgan fingerprint density at radius 3 is 3.12 bits per heavy atom. The topological polar surface area (TPSA) is 60.6 Å². The molecule has 2 heterocycles. The van der Waals surface area contributed by atoms with E-state index in [0.29, 0.717) is 37.3 Å². The lowest BCUT2D eigenvalue weighted by Gasteiger charge is -2.20. The summed E-state index contributed by atoms with van der Waals surface area (Å²) < 4.78 is 15.5. The van der Waals surface area contributed by atoms with Crippen molar-refractivity contribution in [2.24, 2.45) is 0 Å². The highest BCUT2D eigenvalue weighted by molar-refractivity contribution is 4.87. The van der Waals surface area contributed by atoms with Gasteiger partial charge in [0.1, 0.15) is 0 Å². The minimum absolute atomic E-state index is 0.462. The molecule has 0 aromatic carbocycles. The van der Waals surface area contributed by atoms with Gasteiger partial charge in [0.2, 0.25) is 5.89 Å². The van der Waals surface area contributed by atoms with Crippen LogP contribution in [0.15, 0.2) is 4.52 Å². The molecule has 0 saturated carbocycles. The second-order valence-electron chi connectivity index (χ2n) is 4.28. The number of likely N-dealkylation sites (N-methyl/N-ethyl adjacent to an activating group) is 1. The van der Waals surface area contributed by atoms with Crippen molar-refractivity contribution in [3.8, 4) is 0 Å². The molecule has 1 aromatic rings. The van der Waals surface area contributed by atoms with Gasteiger partial charge in [0, 0.05) is 26.2 Å². The summed E-state index contributed by atoms with van der Waals surface area (Å²) in [5.41, 5.74) is 0. The van der Waals surface area contributed by atoms with Crippen molar-refractivity contribution in [2.75, 3.05) is 34.0 Å². The predicted molar refractivity (Wildman–Crippen MR) is 60.6 cm³/mol. The lowest BCUT2D eigenvalue weighted by molar-refractivity contribution is 0.148. The lowest BCUT2D eigenvalue weighted by atomic mass is 10.2. The molecule has 0 N–H and O–H groups in total. The number of nitrogens with zero attached hydrogens (tertiary/aromatic N) is 3. The molecule has 1 aliphatic rings. The maximum Gasteiger partial charge on any atom is 0.240 e. The van der Waals surface area contributed by atoms with Crippen LogP contribution >= 0.6 is 0 Å². The largest absolute Gasteiger partial charge is 0.384 e. The van der Waals surface area contributed by atoms with Crippen LogP contribution in [0.2, 0.25) is 0 Å². The average Bonchev–Trinajstić information content (AvgIpc) is 2.97. The third-order valence-electron chi connectivity index (χ3n) is 2.95. The van der Waals surface area contributed by atoms with Crippen LogP contribution in [0, 0.1) is 0 Å². The molecule has 0 radical (unpaired) electrons. The molecule has 96 valence electrons. The van der Waals surface area contributed by atoms with Crippen LogP contribution < -0.4 is 0 Å². The van der Waals surface area contributed by atoms with Crippen molar-refractivity contribution in [1.82, 2.24) is 15.0 Å². The predicted octanol–water partition coefficient (Wildman–Crippen LogP) is 0.479. The Labute approximate surface area is 101 Å². The van der Waals surface area contributed by atoms with E-state index in [9.17, 15) is 0 Å². The summed E-state index contributed by atoms with van der Waals surface area (Å²) in [6.45, 7) is 2.93. The molecule has 1 unspecified atom stereocenters. The third kappa shape index (κ3) is 3.49. The molecular formula is C11H19N3O3. The van der Waals surface area contributed by atoms with Crippen molar-refractivity contribution in [1.29, 1.82) is 0 Å². The molecular weight excluding hydrogens is 222 g/mol. The SMILES string of the molecule is COCCc1noc(CN(C)C2CCOC2)n1. The molecule has 1 fully saturated rings. The summed E-state index contributed by atoms with van der Waals surface area (Å²) in [5, 5.41) is 3.91. The molecule has 0 amide bonds. The Morgan fingerprint density at radius 1 is 1.53 bits per heavy atom. The summed E-state index contributed by atoms with van der Waals surface area (Å²) in [4.78, 5) is 6.51. The Morgan fingerprint density at radius 2 is 2.41 bits per heavy atom. The zero-order chi connectivity index (χ0) is 12.1. The highest BCUT2D eigenvalue weighted by Crippen LogP contribution is 2.13. The minimum atomic E-state index is 0.462. The Balaban J connectivity index is 1.83. The lowest BCUT2D eigenvalue weighted by Crippen LogP contribution is -2.31. The van der Waals surface area contributed by atoms with Crippen LogP contribution in [0.25, 0.3) is 0 Å². The van der Waals surface area contributed by atoms with Crippen molar-refractivity contribution in [3.63, 3.8) is 0 Å². The van der Waals surface area contributed by atoms with Crippen molar-refractivity contribution in [3.05, 3.63) is 11.7 Å².